The predicted octanol–water partition coefficient (Wildman–Crippen LogP) is 1.86. The van der Waals surface area contributed by atoms with Crippen LogP contribution >= 0.6 is 0 Å². The summed E-state index contributed by atoms with van der Waals surface area (Å²) in [6.07, 6.45) is 0.233. The van der Waals surface area contributed by atoms with Crippen molar-refractivity contribution < 1.29 is 28.8 Å². The van der Waals surface area contributed by atoms with Crippen LogP contribution in [0.5, 0.6) is 0 Å². The third-order valence-electron chi connectivity index (χ3n) is 7.48. The SMILES string of the molecule is Cc1cccc(-c2noc(CCC(=O)N3CC(=O)NCCCc4cc(ccc4C)C(=O)N[C@@H]([C@@H](C)O)C(=O)N[C@H](C)C3)n2)c1. The Balaban J connectivity index is 1.48. The van der Waals surface area contributed by atoms with Crippen LogP contribution in [-0.4, -0.2) is 81.6 Å². The summed E-state index contributed by atoms with van der Waals surface area (Å²) < 4.78 is 5.36. The maximum Gasteiger partial charge on any atom is 0.252 e. The Labute approximate surface area is 256 Å². The molecule has 12 nitrogen and oxygen atoms in total. The second kappa shape index (κ2) is 14.7. The average molecular weight is 605 g/mol. The van der Waals surface area contributed by atoms with Gasteiger partial charge in [-0.3, -0.25) is 19.2 Å². The Hall–Kier alpha value is -4.58. The van der Waals surface area contributed by atoms with Gasteiger partial charge < -0.3 is 30.5 Å². The minimum absolute atomic E-state index is 0.00459. The third kappa shape index (κ3) is 8.73. The fraction of sp³-hybridized carbons (Fsp3) is 0.438. The van der Waals surface area contributed by atoms with E-state index in [1.165, 1.54) is 11.8 Å². The van der Waals surface area contributed by atoms with E-state index in [-0.39, 0.29) is 37.7 Å². The van der Waals surface area contributed by atoms with Crippen molar-refractivity contribution in [1.82, 2.24) is 31.0 Å². The smallest absolute Gasteiger partial charge is 0.252 e. The van der Waals surface area contributed by atoms with Gasteiger partial charge in [-0.2, -0.15) is 4.98 Å². The number of aliphatic hydroxyl groups is 1. The van der Waals surface area contributed by atoms with Crippen LogP contribution in [-0.2, 0) is 27.2 Å². The Kier molecular flexibility index (Phi) is 10.8. The number of hydrogen-bond acceptors (Lipinski definition) is 8. The summed E-state index contributed by atoms with van der Waals surface area (Å²) in [5, 5.41) is 22.6. The first kappa shape index (κ1) is 32.3. The minimum atomic E-state index is -1.22. The van der Waals surface area contributed by atoms with Crippen LogP contribution in [0.2, 0.25) is 0 Å². The molecule has 3 aromatic rings. The van der Waals surface area contributed by atoms with Crippen LogP contribution in [0.1, 0.15) is 59.6 Å². The number of rotatable bonds is 5. The first-order chi connectivity index (χ1) is 21.0. The van der Waals surface area contributed by atoms with Gasteiger partial charge in [-0.1, -0.05) is 35.0 Å². The lowest BCUT2D eigenvalue weighted by Gasteiger charge is -2.28. The molecule has 1 aromatic heterocycles. The normalized spacial score (nSPS) is 19.4. The van der Waals surface area contributed by atoms with Gasteiger partial charge in [-0.25, -0.2) is 0 Å². The summed E-state index contributed by atoms with van der Waals surface area (Å²) in [6.45, 7) is 7.21. The number of aryl methyl sites for hydroxylation is 4. The van der Waals surface area contributed by atoms with Gasteiger partial charge in [-0.05, 0) is 69.9 Å². The van der Waals surface area contributed by atoms with Gasteiger partial charge in [0.25, 0.3) is 5.91 Å². The molecule has 0 fully saturated rings. The number of amides is 4. The highest BCUT2D eigenvalue weighted by atomic mass is 16.5. The molecule has 4 N–H and O–H groups in total. The second-order valence-corrected chi connectivity index (χ2v) is 11.4. The molecule has 234 valence electrons. The first-order valence-electron chi connectivity index (χ1n) is 14.8. The van der Waals surface area contributed by atoms with Crippen molar-refractivity contribution >= 4 is 23.6 Å². The number of carbonyl (C=O) groups excluding carboxylic acids is 4. The van der Waals surface area contributed by atoms with Crippen LogP contribution in [0, 0.1) is 13.8 Å². The summed E-state index contributed by atoms with van der Waals surface area (Å²) >= 11 is 0. The molecule has 2 bridgehead atoms. The zero-order valence-corrected chi connectivity index (χ0v) is 25.6. The summed E-state index contributed by atoms with van der Waals surface area (Å²) in [5.74, 6) is -1.04. The molecule has 1 aliphatic rings. The van der Waals surface area contributed by atoms with E-state index in [1.54, 1.807) is 19.1 Å². The van der Waals surface area contributed by atoms with Crippen LogP contribution in [0.4, 0.5) is 0 Å². The molecular weight excluding hydrogens is 564 g/mol. The fourth-order valence-corrected chi connectivity index (χ4v) is 5.04. The Morgan fingerprint density at radius 2 is 1.91 bits per heavy atom. The number of aromatic nitrogens is 2. The Morgan fingerprint density at radius 3 is 2.66 bits per heavy atom. The molecule has 0 spiro atoms. The molecule has 44 heavy (non-hydrogen) atoms. The maximum atomic E-state index is 13.4. The topological polar surface area (TPSA) is 167 Å². The van der Waals surface area contributed by atoms with E-state index in [0.29, 0.717) is 36.7 Å². The molecule has 1 aliphatic heterocycles. The third-order valence-corrected chi connectivity index (χ3v) is 7.48. The van der Waals surface area contributed by atoms with Crippen molar-refractivity contribution in [3.8, 4) is 11.4 Å². The molecule has 0 aliphatic carbocycles. The van der Waals surface area contributed by atoms with Crippen molar-refractivity contribution in [2.45, 2.75) is 71.6 Å². The zero-order chi connectivity index (χ0) is 31.8. The lowest BCUT2D eigenvalue weighted by molar-refractivity contribution is -0.137. The van der Waals surface area contributed by atoms with Crippen molar-refractivity contribution in [2.75, 3.05) is 19.6 Å². The molecule has 2 heterocycles. The van der Waals surface area contributed by atoms with E-state index in [9.17, 15) is 24.3 Å². The van der Waals surface area contributed by atoms with Crippen molar-refractivity contribution in [1.29, 1.82) is 0 Å². The summed E-state index contributed by atoms with van der Waals surface area (Å²) in [6, 6.07) is 11.1. The fourth-order valence-electron chi connectivity index (χ4n) is 5.04. The van der Waals surface area contributed by atoms with Gasteiger partial charge >= 0.3 is 0 Å². The lowest BCUT2D eigenvalue weighted by Crippen LogP contribution is -2.56. The number of hydrogen-bond donors (Lipinski definition) is 4. The van der Waals surface area contributed by atoms with Gasteiger partial charge in [0, 0.05) is 43.1 Å². The molecule has 4 rings (SSSR count). The largest absolute Gasteiger partial charge is 0.391 e. The number of fused-ring (bicyclic) bond motifs is 2. The highest BCUT2D eigenvalue weighted by molar-refractivity contribution is 5.98. The van der Waals surface area contributed by atoms with E-state index in [4.69, 9.17) is 4.52 Å². The van der Waals surface area contributed by atoms with Crippen LogP contribution in [0.15, 0.2) is 47.0 Å². The standard InChI is InChI=1S/C32H40N6O6/c1-19-7-5-8-24(15-19)30-35-27(44-37-30)12-13-28(41)38-17-21(3)34-32(43)29(22(4)39)36-31(42)25-11-10-20(2)23(16-25)9-6-14-33-26(40)18-38/h5,7-8,10-11,15-16,21-22,29,39H,6,9,12-14,17-18H2,1-4H3,(H,33,40)(H,34,43)(H,36,42)/t21-,22-,29+/m1/s1. The van der Waals surface area contributed by atoms with Gasteiger partial charge in [0.15, 0.2) is 0 Å². The zero-order valence-electron chi connectivity index (χ0n) is 25.6. The highest BCUT2D eigenvalue weighted by Crippen LogP contribution is 2.18. The van der Waals surface area contributed by atoms with Crippen LogP contribution in [0.25, 0.3) is 11.4 Å². The summed E-state index contributed by atoms with van der Waals surface area (Å²) in [7, 11) is 0. The maximum absolute atomic E-state index is 13.4. The lowest BCUT2D eigenvalue weighted by atomic mass is 10.00. The number of nitrogens with zero attached hydrogens (tertiary/aromatic N) is 3. The van der Waals surface area contributed by atoms with Crippen LogP contribution < -0.4 is 16.0 Å². The van der Waals surface area contributed by atoms with Crippen LogP contribution in [0.3, 0.4) is 0 Å². The van der Waals surface area contributed by atoms with E-state index >= 15 is 0 Å². The van der Waals surface area contributed by atoms with Gasteiger partial charge in [0.1, 0.15) is 6.04 Å². The van der Waals surface area contributed by atoms with E-state index in [1.807, 2.05) is 44.2 Å². The molecule has 0 saturated heterocycles. The molecule has 12 heteroatoms. The van der Waals surface area contributed by atoms with E-state index in [2.05, 4.69) is 26.1 Å². The molecule has 0 radical (unpaired) electrons. The average Bonchev–Trinajstić information content (AvgIpc) is 3.45. The monoisotopic (exact) mass is 604 g/mol. The molecule has 4 amide bonds. The number of nitrogens with one attached hydrogen (secondary N) is 3. The highest BCUT2D eigenvalue weighted by Gasteiger charge is 2.29. The minimum Gasteiger partial charge on any atom is -0.391 e. The van der Waals surface area contributed by atoms with E-state index < -0.39 is 30.0 Å². The van der Waals surface area contributed by atoms with Crippen molar-refractivity contribution in [3.05, 3.63) is 70.6 Å². The van der Waals surface area contributed by atoms with Gasteiger partial charge in [-0.15, -0.1) is 0 Å². The van der Waals surface area contributed by atoms with E-state index in [0.717, 1.165) is 22.3 Å². The molecule has 0 saturated carbocycles. The van der Waals surface area contributed by atoms with Crippen molar-refractivity contribution in [2.24, 2.45) is 0 Å². The Bertz CT molecular complexity index is 1500. The first-order valence-corrected chi connectivity index (χ1v) is 14.8. The van der Waals surface area contributed by atoms with Gasteiger partial charge in [0.05, 0.1) is 12.6 Å². The number of benzene rings is 2. The summed E-state index contributed by atoms with van der Waals surface area (Å²) in [5.41, 5.74) is 4.16. The number of carbonyl (C=O) groups is 4. The van der Waals surface area contributed by atoms with Crippen molar-refractivity contribution in [3.63, 3.8) is 0 Å². The predicted molar refractivity (Wildman–Crippen MR) is 162 cm³/mol. The molecular formula is C32H40N6O6. The summed E-state index contributed by atoms with van der Waals surface area (Å²) in [4.78, 5) is 58.2. The second-order valence-electron chi connectivity index (χ2n) is 11.4. The molecule has 0 unspecified atom stereocenters. The molecule has 2 aromatic carbocycles. The molecule has 3 atom stereocenters. The Morgan fingerprint density at radius 1 is 1.11 bits per heavy atom. The number of aliphatic hydroxyl groups excluding tert-OH is 1. The quantitative estimate of drug-likeness (QED) is 0.342. The van der Waals surface area contributed by atoms with Gasteiger partial charge in [0.2, 0.25) is 29.4 Å².